The van der Waals surface area contributed by atoms with Gasteiger partial charge >= 0.3 is 0 Å². The van der Waals surface area contributed by atoms with Crippen LogP contribution in [0, 0.1) is 5.82 Å². The van der Waals surface area contributed by atoms with Crippen molar-refractivity contribution in [3.05, 3.63) is 88.0 Å². The monoisotopic (exact) mass is 335 g/mol. The third-order valence-electron chi connectivity index (χ3n) is 4.65. The van der Waals surface area contributed by atoms with Gasteiger partial charge in [-0.15, -0.1) is 0 Å². The fourth-order valence-corrected chi connectivity index (χ4v) is 3.25. The van der Waals surface area contributed by atoms with Crippen molar-refractivity contribution in [2.24, 2.45) is 0 Å². The van der Waals surface area contributed by atoms with Crippen LogP contribution in [-0.2, 0) is 6.54 Å². The lowest BCUT2D eigenvalue weighted by atomic mass is 9.99. The molecule has 0 saturated heterocycles. The van der Waals surface area contributed by atoms with Crippen LogP contribution in [-0.4, -0.2) is 18.0 Å². The third-order valence-corrected chi connectivity index (χ3v) is 4.65. The smallest absolute Gasteiger partial charge is 0.197 e. The molecule has 3 aromatic rings. The summed E-state index contributed by atoms with van der Waals surface area (Å²) in [5, 5.41) is 0.625. The Morgan fingerprint density at radius 2 is 1.88 bits per heavy atom. The first-order valence-corrected chi connectivity index (χ1v) is 8.37. The molecule has 0 N–H and O–H groups in total. The van der Waals surface area contributed by atoms with Crippen molar-refractivity contribution >= 4 is 16.5 Å². The van der Waals surface area contributed by atoms with E-state index in [1.165, 1.54) is 17.7 Å². The Labute approximate surface area is 145 Å². The molecule has 4 heteroatoms. The van der Waals surface area contributed by atoms with Crippen LogP contribution in [0.3, 0.4) is 0 Å². The zero-order valence-corrected chi connectivity index (χ0v) is 13.7. The molecule has 0 amide bonds. The van der Waals surface area contributed by atoms with Gasteiger partial charge in [-0.1, -0.05) is 30.3 Å². The molecule has 3 nitrogen and oxygen atoms in total. The van der Waals surface area contributed by atoms with Crippen molar-refractivity contribution in [2.45, 2.75) is 13.0 Å². The Morgan fingerprint density at radius 3 is 2.64 bits per heavy atom. The van der Waals surface area contributed by atoms with E-state index in [0.717, 1.165) is 25.1 Å². The van der Waals surface area contributed by atoms with E-state index in [-0.39, 0.29) is 11.2 Å². The van der Waals surface area contributed by atoms with Gasteiger partial charge in [-0.3, -0.25) is 9.69 Å². The highest BCUT2D eigenvalue weighted by Gasteiger charge is 2.16. The lowest BCUT2D eigenvalue weighted by Crippen LogP contribution is -2.30. The van der Waals surface area contributed by atoms with E-state index >= 15 is 0 Å². The number of hydrogen-bond acceptors (Lipinski definition) is 3. The fourth-order valence-electron chi connectivity index (χ4n) is 3.25. The predicted molar refractivity (Wildman–Crippen MR) is 96.8 cm³/mol. The second kappa shape index (κ2) is 6.65. The molecule has 0 spiro atoms. The Balaban J connectivity index is 1.51. The van der Waals surface area contributed by atoms with Crippen LogP contribution in [0.2, 0.25) is 0 Å². The molecule has 1 aliphatic rings. The summed E-state index contributed by atoms with van der Waals surface area (Å²) in [5.41, 5.74) is 3.62. The minimum atomic E-state index is -0.218. The highest BCUT2D eigenvalue weighted by atomic mass is 19.1. The summed E-state index contributed by atoms with van der Waals surface area (Å²) in [7, 11) is 0. The van der Waals surface area contributed by atoms with Crippen LogP contribution in [0.25, 0.3) is 16.5 Å². The lowest BCUT2D eigenvalue weighted by molar-refractivity contribution is 0.291. The van der Waals surface area contributed by atoms with Gasteiger partial charge in [0.05, 0.1) is 11.6 Å². The zero-order chi connectivity index (χ0) is 17.2. The molecule has 0 bridgehead atoms. The van der Waals surface area contributed by atoms with Crippen molar-refractivity contribution < 1.29 is 8.81 Å². The summed E-state index contributed by atoms with van der Waals surface area (Å²) >= 11 is 0. The number of benzene rings is 2. The molecule has 0 saturated carbocycles. The van der Waals surface area contributed by atoms with Crippen molar-refractivity contribution in [2.75, 3.05) is 13.1 Å². The molecular formula is C21H18FNO2. The van der Waals surface area contributed by atoms with E-state index in [0.29, 0.717) is 23.1 Å². The molecule has 25 heavy (non-hydrogen) atoms. The molecule has 1 aliphatic heterocycles. The second-order valence-electron chi connectivity index (χ2n) is 6.31. The van der Waals surface area contributed by atoms with Crippen LogP contribution in [0.15, 0.2) is 70.1 Å². The van der Waals surface area contributed by atoms with Gasteiger partial charge in [0.1, 0.15) is 11.4 Å². The summed E-state index contributed by atoms with van der Waals surface area (Å²) < 4.78 is 18.6. The highest BCUT2D eigenvalue weighted by molar-refractivity contribution is 5.76. The maximum absolute atomic E-state index is 13.0. The Kier molecular flexibility index (Phi) is 4.20. The molecule has 0 atom stereocenters. The van der Waals surface area contributed by atoms with Crippen LogP contribution < -0.4 is 5.43 Å². The summed E-state index contributed by atoms with van der Waals surface area (Å²) in [5.74, 6) is -0.218. The minimum absolute atomic E-state index is 0.0372. The van der Waals surface area contributed by atoms with E-state index in [9.17, 15) is 9.18 Å². The maximum Gasteiger partial charge on any atom is 0.197 e. The predicted octanol–water partition coefficient (Wildman–Crippen LogP) is 4.22. The van der Waals surface area contributed by atoms with Crippen LogP contribution in [0.1, 0.15) is 17.5 Å². The highest BCUT2D eigenvalue weighted by Crippen LogP contribution is 2.23. The third kappa shape index (κ3) is 3.26. The average molecular weight is 335 g/mol. The first-order chi connectivity index (χ1) is 12.2. The Morgan fingerprint density at radius 1 is 1.08 bits per heavy atom. The lowest BCUT2D eigenvalue weighted by Gasteiger charge is -2.26. The first kappa shape index (κ1) is 15.8. The fraction of sp³-hybridized carbons (Fsp3) is 0.190. The number of hydrogen-bond donors (Lipinski definition) is 0. The topological polar surface area (TPSA) is 33.5 Å². The first-order valence-electron chi connectivity index (χ1n) is 8.37. The van der Waals surface area contributed by atoms with Gasteiger partial charge in [0.2, 0.25) is 0 Å². The molecule has 0 aliphatic carbocycles. The largest absolute Gasteiger partial charge is 0.464 e. The van der Waals surface area contributed by atoms with E-state index in [1.54, 1.807) is 18.4 Å². The van der Waals surface area contributed by atoms with E-state index < -0.39 is 0 Å². The second-order valence-corrected chi connectivity index (χ2v) is 6.31. The van der Waals surface area contributed by atoms with Crippen molar-refractivity contribution in [3.8, 4) is 0 Å². The van der Waals surface area contributed by atoms with Gasteiger partial charge in [0.15, 0.2) is 5.43 Å². The van der Waals surface area contributed by atoms with Gasteiger partial charge in [-0.05, 0) is 41.8 Å². The molecule has 0 fully saturated rings. The SMILES string of the molecule is O=c1c(CN2CC=C(c3ccc(F)cc3)CC2)coc2ccccc12. The molecule has 126 valence electrons. The standard InChI is InChI=1S/C21H18FNO2/c22-18-7-5-15(6-8-18)16-9-11-23(12-10-16)13-17-14-25-20-4-2-1-3-19(20)21(17)24/h1-9,14H,10-13H2. The number of para-hydroxylation sites is 1. The Hall–Kier alpha value is -2.72. The van der Waals surface area contributed by atoms with Crippen LogP contribution in [0.4, 0.5) is 4.39 Å². The van der Waals surface area contributed by atoms with Gasteiger partial charge in [0.25, 0.3) is 0 Å². The molecule has 0 radical (unpaired) electrons. The van der Waals surface area contributed by atoms with E-state index in [4.69, 9.17) is 4.42 Å². The maximum atomic E-state index is 13.0. The number of rotatable bonds is 3. The van der Waals surface area contributed by atoms with Crippen LogP contribution >= 0.6 is 0 Å². The molecule has 4 rings (SSSR count). The van der Waals surface area contributed by atoms with E-state index in [2.05, 4.69) is 11.0 Å². The molecule has 2 heterocycles. The quantitative estimate of drug-likeness (QED) is 0.718. The summed E-state index contributed by atoms with van der Waals surface area (Å²) in [6.07, 6.45) is 4.60. The normalized spacial score (nSPS) is 15.3. The zero-order valence-electron chi connectivity index (χ0n) is 13.7. The van der Waals surface area contributed by atoms with Crippen molar-refractivity contribution in [3.63, 3.8) is 0 Å². The average Bonchev–Trinajstić information content (AvgIpc) is 2.66. The van der Waals surface area contributed by atoms with Crippen molar-refractivity contribution in [1.29, 1.82) is 0 Å². The minimum Gasteiger partial charge on any atom is -0.464 e. The van der Waals surface area contributed by atoms with Gasteiger partial charge < -0.3 is 4.42 Å². The number of nitrogens with zero attached hydrogens (tertiary/aromatic N) is 1. The molecule has 1 aromatic heterocycles. The van der Waals surface area contributed by atoms with E-state index in [1.807, 2.05) is 24.3 Å². The van der Waals surface area contributed by atoms with Gasteiger partial charge in [-0.25, -0.2) is 4.39 Å². The van der Waals surface area contributed by atoms with Crippen molar-refractivity contribution in [1.82, 2.24) is 4.90 Å². The molecule has 2 aromatic carbocycles. The number of fused-ring (bicyclic) bond motifs is 1. The number of halogens is 1. The Bertz CT molecular complexity index is 989. The summed E-state index contributed by atoms with van der Waals surface area (Å²) in [6.45, 7) is 2.19. The molecular weight excluding hydrogens is 317 g/mol. The van der Waals surface area contributed by atoms with Crippen LogP contribution in [0.5, 0.6) is 0 Å². The van der Waals surface area contributed by atoms with Gasteiger partial charge in [-0.2, -0.15) is 0 Å². The summed E-state index contributed by atoms with van der Waals surface area (Å²) in [4.78, 5) is 14.8. The molecule has 0 unspecified atom stereocenters. The van der Waals surface area contributed by atoms with Gasteiger partial charge in [0, 0.05) is 25.2 Å². The summed E-state index contributed by atoms with van der Waals surface area (Å²) in [6, 6.07) is 13.9.